The van der Waals surface area contributed by atoms with Crippen LogP contribution in [0.25, 0.3) is 0 Å². The van der Waals surface area contributed by atoms with Crippen LogP contribution in [0.3, 0.4) is 0 Å². The van der Waals surface area contributed by atoms with Crippen LogP contribution in [0.1, 0.15) is 72.4 Å². The van der Waals surface area contributed by atoms with Gasteiger partial charge >= 0.3 is 13.2 Å². The number of rotatable bonds is 4. The molecule has 0 aromatic heterocycles. The van der Waals surface area contributed by atoms with Gasteiger partial charge < -0.3 is 18.9 Å². The van der Waals surface area contributed by atoms with Crippen molar-refractivity contribution in [2.75, 3.05) is 0 Å². The molecular weight excluding hydrogens is 372 g/mol. The van der Waals surface area contributed by atoms with Gasteiger partial charge in [0.25, 0.3) is 0 Å². The van der Waals surface area contributed by atoms with Crippen molar-refractivity contribution in [3.63, 3.8) is 0 Å². The predicted molar refractivity (Wildman–Crippen MR) is 112 cm³/mol. The van der Waals surface area contributed by atoms with Crippen molar-refractivity contribution in [2.24, 2.45) is 0 Å². The molecule has 0 bridgehead atoms. The number of hydrogen-bond donors (Lipinski definition) is 0. The van der Waals surface area contributed by atoms with Crippen LogP contribution >= 0.6 is 0 Å². The Kier molecular flexibility index (Phi) is 5.54. The van der Waals surface area contributed by atoms with Crippen molar-refractivity contribution in [2.45, 2.75) is 97.6 Å². The second-order valence-electron chi connectivity index (χ2n) is 10.2. The van der Waals surface area contributed by atoms with Crippen LogP contribution in [-0.2, 0) is 20.6 Å². The molecule has 1 aromatic rings. The first-order chi connectivity index (χ1) is 13.2. The number of hydrogen-bond acceptors (Lipinski definition) is 4. The maximum atomic E-state index is 15.0. The topological polar surface area (TPSA) is 48.0 Å². The number of carbonyl (C=O) groups excluding carboxylic acids is 1. The highest BCUT2D eigenvalue weighted by Crippen LogP contribution is 2.37. The van der Waals surface area contributed by atoms with E-state index in [-0.39, 0.29) is 18.4 Å². The third-order valence-corrected chi connectivity index (χ3v) is 5.90. The lowest BCUT2D eigenvalue weighted by atomic mass is 9.75. The van der Waals surface area contributed by atoms with Crippen molar-refractivity contribution < 1.29 is 23.2 Å². The summed E-state index contributed by atoms with van der Waals surface area (Å²) < 4.78 is 32.7. The Bertz CT molecular complexity index is 783. The number of aryl methyl sites for hydroxylation is 1. The van der Waals surface area contributed by atoms with Crippen LogP contribution in [0.2, 0.25) is 0 Å². The Balaban J connectivity index is 1.81. The highest BCUT2D eigenvalue weighted by molar-refractivity contribution is 6.62. The molecule has 0 atom stereocenters. The van der Waals surface area contributed by atoms with E-state index in [0.29, 0.717) is 11.0 Å². The quantitative estimate of drug-likeness (QED) is 0.700. The van der Waals surface area contributed by atoms with Gasteiger partial charge in [0, 0.05) is 11.6 Å². The summed E-state index contributed by atoms with van der Waals surface area (Å²) in [6.45, 7) is 15.5. The normalized spacial score (nSPS) is 20.7. The van der Waals surface area contributed by atoms with Gasteiger partial charge in [-0.1, -0.05) is 11.6 Å². The van der Waals surface area contributed by atoms with Gasteiger partial charge in [-0.25, -0.2) is 9.18 Å². The van der Waals surface area contributed by atoms with E-state index < -0.39 is 30.0 Å². The molecule has 3 rings (SSSR count). The predicted octanol–water partition coefficient (Wildman–Crippen LogP) is 4.33. The molecule has 0 N–H and O–H groups in total. The molecular formula is C22H33BFNO4. The van der Waals surface area contributed by atoms with Crippen LogP contribution in [0.15, 0.2) is 12.1 Å². The summed E-state index contributed by atoms with van der Waals surface area (Å²) in [6.07, 6.45) is 1.45. The lowest BCUT2D eigenvalue weighted by Gasteiger charge is -2.32. The summed E-state index contributed by atoms with van der Waals surface area (Å²) in [4.78, 5) is 14.2. The minimum atomic E-state index is -0.617. The van der Waals surface area contributed by atoms with E-state index in [9.17, 15) is 4.79 Å². The summed E-state index contributed by atoms with van der Waals surface area (Å²) in [5, 5.41) is 0. The second kappa shape index (κ2) is 7.27. The monoisotopic (exact) mass is 405 g/mol. The van der Waals surface area contributed by atoms with E-state index in [1.807, 2.05) is 55.4 Å². The molecule has 1 aliphatic heterocycles. The average molecular weight is 405 g/mol. The van der Waals surface area contributed by atoms with E-state index in [4.69, 9.17) is 14.0 Å². The minimum absolute atomic E-state index is 0.118. The molecule has 1 amide bonds. The van der Waals surface area contributed by atoms with Gasteiger partial charge in [0.15, 0.2) is 0 Å². The molecule has 160 valence electrons. The van der Waals surface area contributed by atoms with Gasteiger partial charge in [-0.3, -0.25) is 0 Å². The highest BCUT2D eigenvalue weighted by Gasteiger charge is 2.52. The van der Waals surface area contributed by atoms with Crippen molar-refractivity contribution >= 4 is 18.7 Å². The molecule has 1 saturated heterocycles. The largest absolute Gasteiger partial charge is 0.495 e. The van der Waals surface area contributed by atoms with E-state index >= 15 is 4.39 Å². The first-order valence-corrected chi connectivity index (χ1v) is 10.3. The van der Waals surface area contributed by atoms with Gasteiger partial charge in [-0.2, -0.15) is 0 Å². The molecule has 2 fully saturated rings. The SMILES string of the molecule is Cc1cc(CN(C(=O)OC(C)(C)C)C2CC2)c(F)cc1B1OC(C)(C)C(C)(C)O1. The molecule has 7 heteroatoms. The third kappa shape index (κ3) is 4.77. The summed E-state index contributed by atoms with van der Waals surface area (Å²) in [5.41, 5.74) is 0.469. The maximum absolute atomic E-state index is 15.0. The Hall–Kier alpha value is -1.60. The zero-order valence-corrected chi connectivity index (χ0v) is 18.9. The average Bonchev–Trinajstić information content (AvgIpc) is 3.33. The number of halogens is 1. The van der Waals surface area contributed by atoms with Gasteiger partial charge in [0.1, 0.15) is 11.4 Å². The highest BCUT2D eigenvalue weighted by atomic mass is 19.1. The molecule has 29 heavy (non-hydrogen) atoms. The molecule has 1 saturated carbocycles. The summed E-state index contributed by atoms with van der Waals surface area (Å²) in [6, 6.07) is 3.38. The number of carbonyl (C=O) groups is 1. The molecule has 0 spiro atoms. The lowest BCUT2D eigenvalue weighted by Crippen LogP contribution is -2.41. The van der Waals surface area contributed by atoms with Gasteiger partial charge in [0.05, 0.1) is 17.7 Å². The first kappa shape index (κ1) is 22.1. The Morgan fingerprint density at radius 1 is 1.21 bits per heavy atom. The summed E-state index contributed by atoms with van der Waals surface area (Å²) in [5.74, 6) is -0.366. The molecule has 0 unspecified atom stereocenters. The smallest absolute Gasteiger partial charge is 0.444 e. The van der Waals surface area contributed by atoms with Crippen molar-refractivity contribution in [3.05, 3.63) is 29.1 Å². The molecule has 2 aliphatic rings. The van der Waals surface area contributed by atoms with E-state index in [2.05, 4.69) is 0 Å². The van der Waals surface area contributed by atoms with Gasteiger partial charge in [-0.05, 0) is 79.8 Å². The lowest BCUT2D eigenvalue weighted by molar-refractivity contribution is 0.00578. The first-order valence-electron chi connectivity index (χ1n) is 10.3. The fraction of sp³-hybridized carbons (Fsp3) is 0.682. The molecule has 1 aliphatic carbocycles. The third-order valence-electron chi connectivity index (χ3n) is 5.90. The van der Waals surface area contributed by atoms with Crippen LogP contribution in [0.4, 0.5) is 9.18 Å². The minimum Gasteiger partial charge on any atom is -0.444 e. The molecule has 1 aromatic carbocycles. The maximum Gasteiger partial charge on any atom is 0.495 e. The van der Waals surface area contributed by atoms with Gasteiger partial charge in [-0.15, -0.1) is 0 Å². The van der Waals surface area contributed by atoms with Crippen molar-refractivity contribution in [1.29, 1.82) is 0 Å². The number of ether oxygens (including phenoxy) is 1. The summed E-state index contributed by atoms with van der Waals surface area (Å²) in [7, 11) is -0.617. The van der Waals surface area contributed by atoms with Crippen LogP contribution in [0.5, 0.6) is 0 Å². The second-order valence-corrected chi connectivity index (χ2v) is 10.2. The number of nitrogens with zero attached hydrogens (tertiary/aromatic N) is 1. The van der Waals surface area contributed by atoms with Crippen molar-refractivity contribution in [1.82, 2.24) is 4.90 Å². The molecule has 1 heterocycles. The van der Waals surface area contributed by atoms with Gasteiger partial charge in [0.2, 0.25) is 0 Å². The molecule has 0 radical (unpaired) electrons. The van der Waals surface area contributed by atoms with E-state index in [1.165, 1.54) is 6.07 Å². The zero-order valence-electron chi connectivity index (χ0n) is 18.9. The van der Waals surface area contributed by atoms with E-state index in [1.54, 1.807) is 11.0 Å². The Morgan fingerprint density at radius 2 is 1.76 bits per heavy atom. The summed E-state index contributed by atoms with van der Waals surface area (Å²) >= 11 is 0. The fourth-order valence-corrected chi connectivity index (χ4v) is 3.33. The Labute approximate surface area is 174 Å². The Morgan fingerprint density at radius 3 is 2.24 bits per heavy atom. The standard InChI is InChI=1S/C22H33BFNO4/c1-14-11-15(13-25(16-9-10-16)19(26)27-20(2,3)4)18(24)12-17(14)23-28-21(5,6)22(7,8)29-23/h11-12,16H,9-10,13H2,1-8H3. The van der Waals surface area contributed by atoms with Crippen LogP contribution in [-0.4, -0.2) is 41.0 Å². The zero-order chi connectivity index (χ0) is 21.8. The number of amides is 1. The molecule has 5 nitrogen and oxygen atoms in total. The van der Waals surface area contributed by atoms with Crippen molar-refractivity contribution in [3.8, 4) is 0 Å². The van der Waals surface area contributed by atoms with Crippen LogP contribution in [0, 0.1) is 12.7 Å². The number of benzene rings is 1. The van der Waals surface area contributed by atoms with Crippen LogP contribution < -0.4 is 5.46 Å². The fourth-order valence-electron chi connectivity index (χ4n) is 3.33. The van der Waals surface area contributed by atoms with E-state index in [0.717, 1.165) is 18.4 Å².